The summed E-state index contributed by atoms with van der Waals surface area (Å²) in [5.41, 5.74) is 7.81. The monoisotopic (exact) mass is 463 g/mol. The highest BCUT2D eigenvalue weighted by Crippen LogP contribution is 2.50. The Bertz CT molecular complexity index is 1130. The molecule has 2 heteroatoms. The average Bonchev–Trinajstić information content (AvgIpc) is 2.90. The molecule has 1 nitrogen and oxygen atoms in total. The van der Waals surface area contributed by atoms with Gasteiger partial charge in [0.25, 0.3) is 0 Å². The minimum absolute atomic E-state index is 1.07. The Morgan fingerprint density at radius 2 is 1.03 bits per heavy atom. The number of benzene rings is 4. The molecule has 0 N–H and O–H groups in total. The van der Waals surface area contributed by atoms with E-state index in [-0.39, 0.29) is 0 Å². The number of fused-ring (bicyclic) bond motifs is 2. The van der Waals surface area contributed by atoms with E-state index >= 15 is 0 Å². The third-order valence-electron chi connectivity index (χ3n) is 6.67. The second kappa shape index (κ2) is 11.0. The van der Waals surface area contributed by atoms with Crippen LogP contribution in [0.15, 0.2) is 107 Å². The van der Waals surface area contributed by atoms with Crippen molar-refractivity contribution in [1.82, 2.24) is 0 Å². The first-order valence-corrected chi connectivity index (χ1v) is 13.5. The zero-order valence-corrected chi connectivity index (χ0v) is 20.9. The molecule has 0 atom stereocenters. The summed E-state index contributed by atoms with van der Waals surface area (Å²) in [4.78, 5) is 5.26. The third-order valence-corrected chi connectivity index (χ3v) is 7.76. The summed E-state index contributed by atoms with van der Waals surface area (Å²) in [5.74, 6) is 0. The molecule has 1 aliphatic heterocycles. The molecule has 0 fully saturated rings. The first-order chi connectivity index (χ1) is 16.8. The molecule has 4 aromatic carbocycles. The Morgan fingerprint density at radius 3 is 1.56 bits per heavy atom. The predicted molar refractivity (Wildman–Crippen MR) is 148 cm³/mol. The molecular formula is C32H33NS. The van der Waals surface area contributed by atoms with Crippen molar-refractivity contribution in [3.8, 4) is 22.3 Å². The highest BCUT2D eigenvalue weighted by Gasteiger charge is 2.24. The lowest BCUT2D eigenvalue weighted by Crippen LogP contribution is -2.22. The maximum Gasteiger partial charge on any atom is 0.0553 e. The summed E-state index contributed by atoms with van der Waals surface area (Å²) in [7, 11) is 0. The van der Waals surface area contributed by atoms with Crippen LogP contribution in [0.2, 0.25) is 0 Å². The Kier molecular flexibility index (Phi) is 7.36. The average molecular weight is 464 g/mol. The molecule has 1 aliphatic rings. The van der Waals surface area contributed by atoms with E-state index in [1.54, 1.807) is 0 Å². The number of unbranched alkanes of at least 4 members (excludes halogenated alkanes) is 5. The topological polar surface area (TPSA) is 3.24 Å². The molecule has 1 heterocycles. The van der Waals surface area contributed by atoms with Crippen molar-refractivity contribution in [3.63, 3.8) is 0 Å². The Labute approximate surface area is 208 Å². The molecule has 172 valence electrons. The first-order valence-electron chi connectivity index (χ1n) is 12.7. The maximum absolute atomic E-state index is 2.56. The van der Waals surface area contributed by atoms with Gasteiger partial charge in [0.15, 0.2) is 0 Å². The van der Waals surface area contributed by atoms with Gasteiger partial charge >= 0.3 is 0 Å². The van der Waals surface area contributed by atoms with E-state index in [4.69, 9.17) is 0 Å². The van der Waals surface area contributed by atoms with Gasteiger partial charge in [0.1, 0.15) is 0 Å². The van der Waals surface area contributed by atoms with Crippen LogP contribution in [0.25, 0.3) is 22.3 Å². The standard InChI is InChI=1S/C32H33NS/c1-2-3-4-5-6-13-22-33-29-20-18-27(25-14-9-7-10-15-25)23-31(29)34-32-24-28(19-21-30(32)33)26-16-11-8-12-17-26/h7-12,14-21,23-24H,2-6,13,22H2,1H3. The van der Waals surface area contributed by atoms with Crippen LogP contribution in [-0.2, 0) is 0 Å². The van der Waals surface area contributed by atoms with Crippen molar-refractivity contribution < 1.29 is 0 Å². The zero-order chi connectivity index (χ0) is 23.2. The van der Waals surface area contributed by atoms with E-state index in [9.17, 15) is 0 Å². The van der Waals surface area contributed by atoms with Gasteiger partial charge in [-0.1, -0.05) is 124 Å². The molecule has 0 radical (unpaired) electrons. The van der Waals surface area contributed by atoms with E-state index in [0.29, 0.717) is 0 Å². The minimum Gasteiger partial charge on any atom is -0.340 e. The fourth-order valence-corrected chi connectivity index (χ4v) is 5.97. The normalized spacial score (nSPS) is 12.3. The lowest BCUT2D eigenvalue weighted by molar-refractivity contribution is 0.608. The van der Waals surface area contributed by atoms with Crippen LogP contribution in [0.4, 0.5) is 11.4 Å². The van der Waals surface area contributed by atoms with Gasteiger partial charge in [-0.25, -0.2) is 0 Å². The Hall–Kier alpha value is -2.97. The molecule has 0 unspecified atom stereocenters. The lowest BCUT2D eigenvalue weighted by Gasteiger charge is -2.33. The fourth-order valence-electron chi connectivity index (χ4n) is 4.80. The minimum atomic E-state index is 1.07. The largest absolute Gasteiger partial charge is 0.340 e. The van der Waals surface area contributed by atoms with Gasteiger partial charge < -0.3 is 4.90 Å². The van der Waals surface area contributed by atoms with Gasteiger partial charge in [-0.15, -0.1) is 0 Å². The fraction of sp³-hybridized carbons (Fsp3) is 0.250. The van der Waals surface area contributed by atoms with E-state index in [1.165, 1.54) is 81.9 Å². The van der Waals surface area contributed by atoms with Gasteiger partial charge in [-0.2, -0.15) is 0 Å². The van der Waals surface area contributed by atoms with E-state index in [0.717, 1.165) is 6.54 Å². The number of anilines is 2. The summed E-state index contributed by atoms with van der Waals surface area (Å²) >= 11 is 1.91. The predicted octanol–water partition coefficient (Wildman–Crippen LogP) is 9.98. The van der Waals surface area contributed by atoms with Crippen LogP contribution in [0.5, 0.6) is 0 Å². The lowest BCUT2D eigenvalue weighted by atomic mass is 10.0. The van der Waals surface area contributed by atoms with Crippen LogP contribution >= 0.6 is 11.8 Å². The molecule has 0 bridgehead atoms. The summed E-state index contributed by atoms with van der Waals surface area (Å²) < 4.78 is 0. The molecule has 0 aliphatic carbocycles. The van der Waals surface area contributed by atoms with Crippen molar-refractivity contribution in [2.24, 2.45) is 0 Å². The second-order valence-electron chi connectivity index (χ2n) is 9.12. The molecule has 0 amide bonds. The van der Waals surface area contributed by atoms with Gasteiger partial charge in [-0.05, 0) is 52.9 Å². The molecule has 0 saturated carbocycles. The molecule has 4 aromatic rings. The second-order valence-corrected chi connectivity index (χ2v) is 10.2. The number of hydrogen-bond acceptors (Lipinski definition) is 2. The smallest absolute Gasteiger partial charge is 0.0553 e. The highest BCUT2D eigenvalue weighted by molar-refractivity contribution is 7.99. The molecule has 0 spiro atoms. The van der Waals surface area contributed by atoms with Gasteiger partial charge in [0.2, 0.25) is 0 Å². The van der Waals surface area contributed by atoms with Crippen molar-refractivity contribution in [3.05, 3.63) is 97.1 Å². The summed E-state index contributed by atoms with van der Waals surface area (Å²) in [6.07, 6.45) is 7.90. The summed E-state index contributed by atoms with van der Waals surface area (Å²) in [6, 6.07) is 35.4. The zero-order valence-electron chi connectivity index (χ0n) is 20.0. The maximum atomic E-state index is 2.56. The van der Waals surface area contributed by atoms with Crippen LogP contribution in [0.1, 0.15) is 45.4 Å². The first kappa shape index (κ1) is 22.8. The number of nitrogens with zero attached hydrogens (tertiary/aromatic N) is 1. The van der Waals surface area contributed by atoms with Crippen LogP contribution < -0.4 is 4.90 Å². The van der Waals surface area contributed by atoms with Crippen molar-refractivity contribution in [2.45, 2.75) is 55.2 Å². The van der Waals surface area contributed by atoms with Gasteiger partial charge in [-0.3, -0.25) is 0 Å². The molecular weight excluding hydrogens is 430 g/mol. The molecule has 0 saturated heterocycles. The van der Waals surface area contributed by atoms with Gasteiger partial charge in [0.05, 0.1) is 11.4 Å². The molecule has 0 aromatic heterocycles. The quantitative estimate of drug-likeness (QED) is 0.227. The Balaban J connectivity index is 1.46. The van der Waals surface area contributed by atoms with E-state index in [1.807, 2.05) is 11.8 Å². The van der Waals surface area contributed by atoms with Gasteiger partial charge in [0, 0.05) is 16.3 Å². The number of rotatable bonds is 9. The van der Waals surface area contributed by atoms with Crippen molar-refractivity contribution in [2.75, 3.05) is 11.4 Å². The third kappa shape index (κ3) is 5.08. The van der Waals surface area contributed by atoms with Crippen molar-refractivity contribution >= 4 is 23.1 Å². The highest BCUT2D eigenvalue weighted by atomic mass is 32.2. The van der Waals surface area contributed by atoms with Crippen LogP contribution in [0.3, 0.4) is 0 Å². The Morgan fingerprint density at radius 1 is 0.529 bits per heavy atom. The molecule has 34 heavy (non-hydrogen) atoms. The van der Waals surface area contributed by atoms with E-state index < -0.39 is 0 Å². The summed E-state index contributed by atoms with van der Waals surface area (Å²) in [6.45, 7) is 3.36. The summed E-state index contributed by atoms with van der Waals surface area (Å²) in [5, 5.41) is 0. The number of hydrogen-bond donors (Lipinski definition) is 0. The van der Waals surface area contributed by atoms with Crippen LogP contribution in [-0.4, -0.2) is 6.54 Å². The SMILES string of the molecule is CCCCCCCCN1c2ccc(-c3ccccc3)cc2Sc2cc(-c3ccccc3)ccc21. The van der Waals surface area contributed by atoms with E-state index in [2.05, 4.69) is 109 Å². The van der Waals surface area contributed by atoms with Crippen molar-refractivity contribution in [1.29, 1.82) is 0 Å². The van der Waals surface area contributed by atoms with Crippen LogP contribution in [0, 0.1) is 0 Å². The molecule has 5 rings (SSSR count).